The van der Waals surface area contributed by atoms with Gasteiger partial charge in [-0.2, -0.15) is 0 Å². The summed E-state index contributed by atoms with van der Waals surface area (Å²) in [4.78, 5) is 11.1. The number of hydrogen-bond acceptors (Lipinski definition) is 2. The van der Waals surface area contributed by atoms with Gasteiger partial charge in [0, 0.05) is 6.42 Å². The van der Waals surface area contributed by atoms with Crippen molar-refractivity contribution in [2.45, 2.75) is 18.3 Å². The molecular weight excluding hydrogens is 186 g/mol. The second-order valence-electron chi connectivity index (χ2n) is 2.85. The van der Waals surface area contributed by atoms with E-state index in [1.807, 2.05) is 30.3 Å². The first-order chi connectivity index (χ1) is 6.20. The highest BCUT2D eigenvalue weighted by atomic mass is 35.5. The van der Waals surface area contributed by atoms with E-state index in [1.165, 1.54) is 0 Å². The van der Waals surface area contributed by atoms with Crippen LogP contribution < -0.4 is 5.73 Å². The summed E-state index contributed by atoms with van der Waals surface area (Å²) < 4.78 is 0. The molecule has 0 spiro atoms. The molecule has 0 saturated carbocycles. The normalized spacial score (nSPS) is 12.5. The second-order valence-corrected chi connectivity index (χ2v) is 3.32. The van der Waals surface area contributed by atoms with Gasteiger partial charge >= 0.3 is 0 Å². The Kier molecular flexibility index (Phi) is 3.93. The fourth-order valence-corrected chi connectivity index (χ4v) is 1.16. The predicted octanol–water partition coefficient (Wildman–Crippen LogP) is 1.71. The molecule has 13 heavy (non-hydrogen) atoms. The number of Topliss-reactive ketones (excluding diaryl/α,β-unsaturated/α-hetero) is 1. The number of nitrogens with two attached hydrogens (primary N) is 1. The first kappa shape index (κ1) is 10.2. The van der Waals surface area contributed by atoms with Gasteiger partial charge in [0.05, 0.1) is 0 Å². The fourth-order valence-electron chi connectivity index (χ4n) is 1.05. The van der Waals surface area contributed by atoms with Crippen LogP contribution in [0.15, 0.2) is 30.3 Å². The summed E-state index contributed by atoms with van der Waals surface area (Å²) in [7, 11) is 0. The molecule has 1 unspecified atom stereocenters. The number of carbonyl (C=O) groups is 1. The quantitative estimate of drug-likeness (QED) is 0.590. The average molecular weight is 198 g/mol. The molecule has 2 nitrogen and oxygen atoms in total. The van der Waals surface area contributed by atoms with Gasteiger partial charge < -0.3 is 5.73 Å². The van der Waals surface area contributed by atoms with Crippen molar-refractivity contribution < 1.29 is 4.79 Å². The molecule has 1 aromatic rings. The molecule has 0 radical (unpaired) electrons. The van der Waals surface area contributed by atoms with Crippen molar-refractivity contribution in [2.75, 3.05) is 0 Å². The standard InChI is InChI=1S/C10H12ClNO/c11-10(12)9(13)7-6-8-4-2-1-3-5-8/h1-5,10H,6-7,12H2. The van der Waals surface area contributed by atoms with Crippen LogP contribution in [0.4, 0.5) is 0 Å². The van der Waals surface area contributed by atoms with Crippen LogP contribution >= 0.6 is 11.6 Å². The van der Waals surface area contributed by atoms with Gasteiger partial charge in [-0.05, 0) is 12.0 Å². The van der Waals surface area contributed by atoms with E-state index < -0.39 is 5.50 Å². The van der Waals surface area contributed by atoms with Gasteiger partial charge in [-0.25, -0.2) is 0 Å². The molecule has 0 saturated heterocycles. The van der Waals surface area contributed by atoms with E-state index in [1.54, 1.807) is 0 Å². The third-order valence-corrected chi connectivity index (χ3v) is 2.05. The zero-order valence-electron chi connectivity index (χ0n) is 7.24. The number of ketones is 1. The van der Waals surface area contributed by atoms with Crippen LogP contribution in [0.1, 0.15) is 12.0 Å². The zero-order chi connectivity index (χ0) is 9.68. The highest BCUT2D eigenvalue weighted by Crippen LogP contribution is 2.04. The number of alkyl halides is 1. The molecule has 3 heteroatoms. The van der Waals surface area contributed by atoms with Crippen molar-refractivity contribution in [1.82, 2.24) is 0 Å². The average Bonchev–Trinajstić information content (AvgIpc) is 2.15. The van der Waals surface area contributed by atoms with Crippen molar-refractivity contribution in [3.63, 3.8) is 0 Å². The minimum atomic E-state index is -0.858. The lowest BCUT2D eigenvalue weighted by Crippen LogP contribution is -2.24. The molecule has 0 aromatic heterocycles. The molecule has 1 atom stereocenters. The number of aryl methyl sites for hydroxylation is 1. The monoisotopic (exact) mass is 197 g/mol. The van der Waals surface area contributed by atoms with Gasteiger partial charge in [0.1, 0.15) is 5.50 Å². The summed E-state index contributed by atoms with van der Waals surface area (Å²) in [6.07, 6.45) is 1.12. The van der Waals surface area contributed by atoms with Crippen molar-refractivity contribution in [2.24, 2.45) is 5.73 Å². The van der Waals surface area contributed by atoms with E-state index in [0.29, 0.717) is 12.8 Å². The third kappa shape index (κ3) is 3.57. The molecule has 0 amide bonds. The summed E-state index contributed by atoms with van der Waals surface area (Å²) in [5, 5.41) is 0. The van der Waals surface area contributed by atoms with Crippen LogP contribution in [0, 0.1) is 0 Å². The Morgan fingerprint density at radius 3 is 2.54 bits per heavy atom. The molecule has 1 aromatic carbocycles. The van der Waals surface area contributed by atoms with Gasteiger partial charge in [-0.1, -0.05) is 41.9 Å². The minimum Gasteiger partial charge on any atom is -0.309 e. The molecule has 0 bridgehead atoms. The van der Waals surface area contributed by atoms with E-state index in [4.69, 9.17) is 17.3 Å². The van der Waals surface area contributed by atoms with Crippen LogP contribution in [0.5, 0.6) is 0 Å². The van der Waals surface area contributed by atoms with Crippen LogP contribution in [-0.4, -0.2) is 11.3 Å². The number of hydrogen-bond donors (Lipinski definition) is 1. The van der Waals surface area contributed by atoms with Crippen molar-refractivity contribution >= 4 is 17.4 Å². The van der Waals surface area contributed by atoms with Gasteiger partial charge in [0.2, 0.25) is 0 Å². The van der Waals surface area contributed by atoms with Crippen LogP contribution in [0.2, 0.25) is 0 Å². The molecule has 2 N–H and O–H groups in total. The lowest BCUT2D eigenvalue weighted by Gasteiger charge is -2.02. The molecular formula is C10H12ClNO. The van der Waals surface area contributed by atoms with E-state index >= 15 is 0 Å². The third-order valence-electron chi connectivity index (χ3n) is 1.81. The molecule has 0 aliphatic heterocycles. The lowest BCUT2D eigenvalue weighted by molar-refractivity contribution is -0.118. The largest absolute Gasteiger partial charge is 0.309 e. The van der Waals surface area contributed by atoms with Crippen molar-refractivity contribution in [1.29, 1.82) is 0 Å². The maximum atomic E-state index is 11.1. The highest BCUT2D eigenvalue weighted by Gasteiger charge is 2.08. The maximum absolute atomic E-state index is 11.1. The summed E-state index contributed by atoms with van der Waals surface area (Å²) in [5.74, 6) is -0.106. The molecule has 0 fully saturated rings. The summed E-state index contributed by atoms with van der Waals surface area (Å²) in [6, 6.07) is 9.79. The van der Waals surface area contributed by atoms with Crippen LogP contribution in [0.25, 0.3) is 0 Å². The smallest absolute Gasteiger partial charge is 0.165 e. The maximum Gasteiger partial charge on any atom is 0.165 e. The Balaban J connectivity index is 2.40. The molecule has 0 heterocycles. The molecule has 1 rings (SSSR count). The number of halogens is 1. The second kappa shape index (κ2) is 5.00. The van der Waals surface area contributed by atoms with E-state index in [-0.39, 0.29) is 5.78 Å². The summed E-state index contributed by atoms with van der Waals surface area (Å²) >= 11 is 5.42. The van der Waals surface area contributed by atoms with Gasteiger partial charge in [-0.15, -0.1) is 0 Å². The van der Waals surface area contributed by atoms with Gasteiger partial charge in [-0.3, -0.25) is 4.79 Å². The first-order valence-electron chi connectivity index (χ1n) is 4.16. The van der Waals surface area contributed by atoms with Crippen molar-refractivity contribution in [3.05, 3.63) is 35.9 Å². The van der Waals surface area contributed by atoms with Crippen LogP contribution in [-0.2, 0) is 11.2 Å². The Morgan fingerprint density at radius 2 is 2.00 bits per heavy atom. The van der Waals surface area contributed by atoms with Crippen LogP contribution in [0.3, 0.4) is 0 Å². The van der Waals surface area contributed by atoms with E-state index in [2.05, 4.69) is 0 Å². The Hall–Kier alpha value is -0.860. The summed E-state index contributed by atoms with van der Waals surface area (Å²) in [6.45, 7) is 0. The number of rotatable bonds is 4. The SMILES string of the molecule is NC(Cl)C(=O)CCc1ccccc1. The van der Waals surface area contributed by atoms with Crippen molar-refractivity contribution in [3.8, 4) is 0 Å². The van der Waals surface area contributed by atoms with E-state index in [9.17, 15) is 4.79 Å². The zero-order valence-corrected chi connectivity index (χ0v) is 8.00. The predicted molar refractivity (Wildman–Crippen MR) is 53.6 cm³/mol. The Labute approximate surface area is 82.7 Å². The molecule has 70 valence electrons. The first-order valence-corrected chi connectivity index (χ1v) is 4.60. The van der Waals surface area contributed by atoms with Gasteiger partial charge in [0.25, 0.3) is 0 Å². The van der Waals surface area contributed by atoms with E-state index in [0.717, 1.165) is 5.56 Å². The summed E-state index contributed by atoms with van der Waals surface area (Å²) in [5.41, 5.74) is 5.49. The Bertz CT molecular complexity index is 272. The van der Waals surface area contributed by atoms with Gasteiger partial charge in [0.15, 0.2) is 5.78 Å². The lowest BCUT2D eigenvalue weighted by atomic mass is 10.1. The number of benzene rings is 1. The molecule has 0 aliphatic carbocycles. The fraction of sp³-hybridized carbons (Fsp3) is 0.300. The minimum absolute atomic E-state index is 0.106. The number of carbonyl (C=O) groups excluding carboxylic acids is 1. The topological polar surface area (TPSA) is 43.1 Å². The molecule has 0 aliphatic rings. The highest BCUT2D eigenvalue weighted by molar-refractivity contribution is 6.30. The Morgan fingerprint density at radius 1 is 1.38 bits per heavy atom.